The molecule has 2 rings (SSSR count). The Bertz CT molecular complexity index is 1150. The number of amides is 3. The molecule has 0 aliphatic carbocycles. The summed E-state index contributed by atoms with van der Waals surface area (Å²) in [6.45, 7) is 15.5. The third-order valence-electron chi connectivity index (χ3n) is 7.12. The molecule has 42 heavy (non-hydrogen) atoms. The summed E-state index contributed by atoms with van der Waals surface area (Å²) < 4.78 is 10.8. The van der Waals surface area contributed by atoms with Crippen LogP contribution in [0.15, 0.2) is 42.5 Å². The lowest BCUT2D eigenvalue weighted by Gasteiger charge is -2.36. The summed E-state index contributed by atoms with van der Waals surface area (Å²) in [7, 11) is 1.59. The summed E-state index contributed by atoms with van der Waals surface area (Å²) in [5.74, 6) is -0.199. The monoisotopic (exact) mass is 581 g/mol. The minimum absolute atomic E-state index is 0.240. The van der Waals surface area contributed by atoms with Crippen LogP contribution in [0.3, 0.4) is 0 Å². The van der Waals surface area contributed by atoms with Crippen molar-refractivity contribution in [2.75, 3.05) is 19.0 Å². The Morgan fingerprint density at radius 3 is 2.02 bits per heavy atom. The fraction of sp³-hybridized carbons (Fsp3) is 0.559. The molecule has 0 aromatic heterocycles. The number of alkyl carbamates (subject to hydrolysis) is 1. The van der Waals surface area contributed by atoms with E-state index in [1.165, 1.54) is 0 Å². The third kappa shape index (κ3) is 10.4. The molecule has 0 saturated heterocycles. The van der Waals surface area contributed by atoms with Crippen LogP contribution in [0.1, 0.15) is 96.4 Å². The van der Waals surface area contributed by atoms with Crippen molar-refractivity contribution in [3.63, 3.8) is 0 Å². The Kier molecular flexibility index (Phi) is 13.4. The van der Waals surface area contributed by atoms with Crippen LogP contribution in [-0.4, -0.2) is 48.1 Å². The van der Waals surface area contributed by atoms with Crippen LogP contribution in [-0.2, 0) is 14.3 Å². The standard InChI is InChI=1S/C34H51N3O5/c1-10-11-12-13-14-22-37(32(39)29(23(2)3)36-33(40)42-34(6,7)8)30(28-24(4)16-15-17-25(28)5)31(38)35-26-18-20-27(41-9)21-19-26/h15-21,23,29-30H,10-14,22H2,1-9H3,(H,35,38)(H,36,40). The van der Waals surface area contributed by atoms with E-state index in [1.807, 2.05) is 45.9 Å². The van der Waals surface area contributed by atoms with Gasteiger partial charge in [-0.05, 0) is 87.9 Å². The lowest BCUT2D eigenvalue weighted by molar-refractivity contribution is -0.141. The largest absolute Gasteiger partial charge is 0.497 e. The van der Waals surface area contributed by atoms with E-state index >= 15 is 0 Å². The molecule has 8 heteroatoms. The van der Waals surface area contributed by atoms with Gasteiger partial charge in [0.2, 0.25) is 5.91 Å². The number of rotatable bonds is 14. The van der Waals surface area contributed by atoms with Crippen molar-refractivity contribution in [3.8, 4) is 5.75 Å². The predicted molar refractivity (Wildman–Crippen MR) is 169 cm³/mol. The van der Waals surface area contributed by atoms with Gasteiger partial charge in [-0.3, -0.25) is 9.59 Å². The number of carbonyl (C=O) groups excluding carboxylic acids is 3. The Morgan fingerprint density at radius 2 is 1.50 bits per heavy atom. The quantitative estimate of drug-likeness (QED) is 0.228. The molecule has 2 unspecified atom stereocenters. The Labute approximate surface area is 252 Å². The fourth-order valence-electron chi connectivity index (χ4n) is 4.95. The number of nitrogens with one attached hydrogen (secondary N) is 2. The SMILES string of the molecule is CCCCCCCN(C(=O)C(NC(=O)OC(C)(C)C)C(C)C)C(C(=O)Nc1ccc(OC)cc1)c1c(C)cccc1C. The van der Waals surface area contributed by atoms with Gasteiger partial charge in [0.1, 0.15) is 23.4 Å². The number of anilines is 1. The Balaban J connectivity index is 2.57. The topological polar surface area (TPSA) is 97.0 Å². The molecule has 0 heterocycles. The van der Waals surface area contributed by atoms with Crippen LogP contribution in [0.5, 0.6) is 5.75 Å². The van der Waals surface area contributed by atoms with Crippen molar-refractivity contribution in [1.82, 2.24) is 10.2 Å². The van der Waals surface area contributed by atoms with Crippen molar-refractivity contribution in [2.45, 2.75) is 105 Å². The smallest absolute Gasteiger partial charge is 0.408 e. The normalized spacial score (nSPS) is 12.8. The van der Waals surface area contributed by atoms with E-state index in [-0.39, 0.29) is 17.7 Å². The average Bonchev–Trinajstić information content (AvgIpc) is 2.91. The highest BCUT2D eigenvalue weighted by atomic mass is 16.6. The molecule has 2 atom stereocenters. The van der Waals surface area contributed by atoms with Crippen LogP contribution in [0.2, 0.25) is 0 Å². The van der Waals surface area contributed by atoms with Crippen LogP contribution >= 0.6 is 0 Å². The van der Waals surface area contributed by atoms with E-state index in [4.69, 9.17) is 9.47 Å². The minimum atomic E-state index is -0.909. The second kappa shape index (κ2) is 16.2. The van der Waals surface area contributed by atoms with Gasteiger partial charge >= 0.3 is 6.09 Å². The van der Waals surface area contributed by atoms with Gasteiger partial charge in [0.15, 0.2) is 0 Å². The van der Waals surface area contributed by atoms with Crippen molar-refractivity contribution < 1.29 is 23.9 Å². The van der Waals surface area contributed by atoms with E-state index in [0.717, 1.165) is 48.8 Å². The molecular weight excluding hydrogens is 530 g/mol. The van der Waals surface area contributed by atoms with Crippen LogP contribution in [0.25, 0.3) is 0 Å². The molecule has 0 aliphatic heterocycles. The molecule has 0 fully saturated rings. The molecule has 232 valence electrons. The van der Waals surface area contributed by atoms with Crippen LogP contribution in [0.4, 0.5) is 10.5 Å². The van der Waals surface area contributed by atoms with E-state index in [0.29, 0.717) is 18.0 Å². The van der Waals surface area contributed by atoms with E-state index < -0.39 is 23.8 Å². The number of unbranched alkanes of at least 4 members (excludes halogenated alkanes) is 4. The second-order valence-corrected chi connectivity index (χ2v) is 12.2. The summed E-state index contributed by atoms with van der Waals surface area (Å²) in [6, 6.07) is 11.2. The summed E-state index contributed by atoms with van der Waals surface area (Å²) in [4.78, 5) is 43.1. The summed E-state index contributed by atoms with van der Waals surface area (Å²) in [6.07, 6.45) is 4.27. The maximum atomic E-state index is 14.4. The first-order valence-electron chi connectivity index (χ1n) is 15.1. The van der Waals surface area contributed by atoms with E-state index in [2.05, 4.69) is 17.6 Å². The first kappa shape index (κ1) is 34.7. The molecule has 8 nitrogen and oxygen atoms in total. The maximum Gasteiger partial charge on any atom is 0.408 e. The molecule has 2 N–H and O–H groups in total. The van der Waals surface area contributed by atoms with Crippen molar-refractivity contribution in [3.05, 3.63) is 59.2 Å². The number of ether oxygens (including phenoxy) is 2. The van der Waals surface area contributed by atoms with Gasteiger partial charge in [-0.15, -0.1) is 0 Å². The fourth-order valence-corrected chi connectivity index (χ4v) is 4.95. The van der Waals surface area contributed by atoms with E-state index in [1.54, 1.807) is 57.0 Å². The van der Waals surface area contributed by atoms with Gasteiger partial charge in [0.05, 0.1) is 7.11 Å². The third-order valence-corrected chi connectivity index (χ3v) is 7.12. The number of benzene rings is 2. The van der Waals surface area contributed by atoms with Crippen LogP contribution in [0, 0.1) is 19.8 Å². The molecule has 0 saturated carbocycles. The highest BCUT2D eigenvalue weighted by molar-refractivity contribution is 5.99. The number of hydrogen-bond donors (Lipinski definition) is 2. The van der Waals surface area contributed by atoms with Gasteiger partial charge in [0.25, 0.3) is 5.91 Å². The first-order chi connectivity index (χ1) is 19.8. The molecule has 2 aromatic carbocycles. The molecule has 0 radical (unpaired) electrons. The molecule has 0 spiro atoms. The zero-order valence-electron chi connectivity index (χ0n) is 27.0. The lowest BCUT2D eigenvalue weighted by atomic mass is 9.92. The van der Waals surface area contributed by atoms with Gasteiger partial charge in [-0.25, -0.2) is 4.79 Å². The van der Waals surface area contributed by atoms with Gasteiger partial charge in [-0.2, -0.15) is 0 Å². The highest BCUT2D eigenvalue weighted by Gasteiger charge is 2.38. The number of carbonyl (C=O) groups is 3. The van der Waals surface area contributed by atoms with Crippen molar-refractivity contribution in [1.29, 1.82) is 0 Å². The summed E-state index contributed by atoms with van der Waals surface area (Å²) in [5, 5.41) is 5.83. The Morgan fingerprint density at radius 1 is 0.905 bits per heavy atom. The lowest BCUT2D eigenvalue weighted by Crippen LogP contribution is -2.54. The first-order valence-corrected chi connectivity index (χ1v) is 15.1. The molecular formula is C34H51N3O5. The summed E-state index contributed by atoms with van der Waals surface area (Å²) >= 11 is 0. The highest BCUT2D eigenvalue weighted by Crippen LogP contribution is 2.31. The number of methoxy groups -OCH3 is 1. The Hall–Kier alpha value is -3.55. The number of nitrogens with zero attached hydrogens (tertiary/aromatic N) is 1. The second-order valence-electron chi connectivity index (χ2n) is 12.2. The maximum absolute atomic E-state index is 14.4. The molecule has 0 bridgehead atoms. The molecule has 3 amide bonds. The van der Waals surface area contributed by atoms with Crippen molar-refractivity contribution >= 4 is 23.6 Å². The minimum Gasteiger partial charge on any atom is -0.497 e. The zero-order valence-corrected chi connectivity index (χ0v) is 27.0. The zero-order chi connectivity index (χ0) is 31.4. The average molecular weight is 582 g/mol. The number of hydrogen-bond acceptors (Lipinski definition) is 5. The number of aryl methyl sites for hydroxylation is 2. The molecule has 2 aromatic rings. The van der Waals surface area contributed by atoms with Crippen LogP contribution < -0.4 is 15.4 Å². The van der Waals surface area contributed by atoms with Gasteiger partial charge in [-0.1, -0.05) is 64.7 Å². The van der Waals surface area contributed by atoms with Gasteiger partial charge < -0.3 is 25.0 Å². The van der Waals surface area contributed by atoms with E-state index in [9.17, 15) is 14.4 Å². The summed E-state index contributed by atoms with van der Waals surface area (Å²) in [5.41, 5.74) is 2.49. The van der Waals surface area contributed by atoms with Gasteiger partial charge in [0, 0.05) is 12.2 Å². The predicted octanol–water partition coefficient (Wildman–Crippen LogP) is 7.34. The molecule has 0 aliphatic rings. The van der Waals surface area contributed by atoms with Crippen molar-refractivity contribution in [2.24, 2.45) is 5.92 Å².